The van der Waals surface area contributed by atoms with Gasteiger partial charge in [-0.2, -0.15) is 0 Å². The van der Waals surface area contributed by atoms with Crippen LogP contribution in [0, 0.1) is 5.92 Å². The van der Waals surface area contributed by atoms with Crippen LogP contribution in [0.5, 0.6) is 0 Å². The average Bonchev–Trinajstić information content (AvgIpc) is 2.09. The second kappa shape index (κ2) is 5.15. The SMILES string of the molecule is C=CCCC[C@H]1COCCC1=C. The van der Waals surface area contributed by atoms with Crippen LogP contribution in [0.4, 0.5) is 0 Å². The molecule has 1 aliphatic rings. The van der Waals surface area contributed by atoms with E-state index in [1.165, 1.54) is 18.4 Å². The highest BCUT2D eigenvalue weighted by molar-refractivity contribution is 5.02. The zero-order valence-corrected chi connectivity index (χ0v) is 7.72. The van der Waals surface area contributed by atoms with Gasteiger partial charge in [-0.3, -0.25) is 0 Å². The Kier molecular flexibility index (Phi) is 4.09. The second-order valence-corrected chi connectivity index (χ2v) is 3.40. The van der Waals surface area contributed by atoms with Crippen molar-refractivity contribution in [1.82, 2.24) is 0 Å². The summed E-state index contributed by atoms with van der Waals surface area (Å²) in [5, 5.41) is 0. The minimum atomic E-state index is 0.610. The van der Waals surface area contributed by atoms with Gasteiger partial charge in [0.25, 0.3) is 0 Å². The van der Waals surface area contributed by atoms with Crippen LogP contribution in [-0.2, 0) is 4.74 Å². The summed E-state index contributed by atoms with van der Waals surface area (Å²) in [6.07, 6.45) is 6.58. The predicted molar refractivity (Wildman–Crippen MR) is 52.1 cm³/mol. The van der Waals surface area contributed by atoms with E-state index in [1.54, 1.807) is 0 Å². The first-order valence-electron chi connectivity index (χ1n) is 4.71. The Morgan fingerprint density at radius 2 is 2.42 bits per heavy atom. The van der Waals surface area contributed by atoms with Crippen molar-refractivity contribution in [3.05, 3.63) is 24.8 Å². The quantitative estimate of drug-likeness (QED) is 0.461. The molecule has 0 spiro atoms. The van der Waals surface area contributed by atoms with Crippen LogP contribution < -0.4 is 0 Å². The first-order valence-corrected chi connectivity index (χ1v) is 4.71. The lowest BCUT2D eigenvalue weighted by molar-refractivity contribution is 0.0813. The molecule has 68 valence electrons. The van der Waals surface area contributed by atoms with Crippen molar-refractivity contribution in [1.29, 1.82) is 0 Å². The average molecular weight is 166 g/mol. The lowest BCUT2D eigenvalue weighted by Crippen LogP contribution is -2.19. The number of allylic oxidation sites excluding steroid dienone is 1. The van der Waals surface area contributed by atoms with Gasteiger partial charge in [-0.1, -0.05) is 18.2 Å². The third-order valence-electron chi connectivity index (χ3n) is 2.42. The van der Waals surface area contributed by atoms with Crippen molar-refractivity contribution >= 4 is 0 Å². The van der Waals surface area contributed by atoms with E-state index in [9.17, 15) is 0 Å². The monoisotopic (exact) mass is 166 g/mol. The van der Waals surface area contributed by atoms with Gasteiger partial charge in [-0.05, 0) is 25.7 Å². The van der Waals surface area contributed by atoms with Crippen molar-refractivity contribution in [2.45, 2.75) is 25.7 Å². The molecule has 0 saturated carbocycles. The van der Waals surface area contributed by atoms with Gasteiger partial charge >= 0.3 is 0 Å². The largest absolute Gasteiger partial charge is 0.380 e. The molecule has 0 aliphatic carbocycles. The fourth-order valence-corrected chi connectivity index (χ4v) is 1.55. The summed E-state index contributed by atoms with van der Waals surface area (Å²) in [6.45, 7) is 9.53. The molecule has 0 aromatic carbocycles. The zero-order chi connectivity index (χ0) is 8.81. The maximum atomic E-state index is 5.40. The van der Waals surface area contributed by atoms with Gasteiger partial charge in [-0.15, -0.1) is 6.58 Å². The third kappa shape index (κ3) is 2.82. The van der Waals surface area contributed by atoms with Crippen molar-refractivity contribution in [3.8, 4) is 0 Å². The molecule has 12 heavy (non-hydrogen) atoms. The fourth-order valence-electron chi connectivity index (χ4n) is 1.55. The van der Waals surface area contributed by atoms with E-state index in [2.05, 4.69) is 13.2 Å². The minimum Gasteiger partial charge on any atom is -0.380 e. The summed E-state index contributed by atoms with van der Waals surface area (Å²) in [5.41, 5.74) is 1.38. The van der Waals surface area contributed by atoms with Gasteiger partial charge in [-0.25, -0.2) is 0 Å². The van der Waals surface area contributed by atoms with Crippen molar-refractivity contribution in [3.63, 3.8) is 0 Å². The number of unbranched alkanes of at least 4 members (excludes halogenated alkanes) is 1. The molecule has 1 saturated heterocycles. The fraction of sp³-hybridized carbons (Fsp3) is 0.636. The molecule has 1 heterocycles. The number of hydrogen-bond acceptors (Lipinski definition) is 1. The smallest absolute Gasteiger partial charge is 0.0531 e. The second-order valence-electron chi connectivity index (χ2n) is 3.40. The molecule has 1 nitrogen and oxygen atoms in total. The lowest BCUT2D eigenvalue weighted by atomic mass is 9.92. The molecule has 0 aromatic rings. The van der Waals surface area contributed by atoms with Crippen molar-refractivity contribution in [2.75, 3.05) is 13.2 Å². The number of ether oxygens (including phenoxy) is 1. The number of hydrogen-bond donors (Lipinski definition) is 0. The van der Waals surface area contributed by atoms with Crippen LogP contribution in [0.1, 0.15) is 25.7 Å². The molecular formula is C11H18O. The Morgan fingerprint density at radius 3 is 3.08 bits per heavy atom. The molecule has 0 unspecified atom stereocenters. The Labute approximate surface area is 75.1 Å². The van der Waals surface area contributed by atoms with Crippen LogP contribution in [0.25, 0.3) is 0 Å². The summed E-state index contributed by atoms with van der Waals surface area (Å²) in [4.78, 5) is 0. The van der Waals surface area contributed by atoms with Crippen LogP contribution in [0.3, 0.4) is 0 Å². The van der Waals surface area contributed by atoms with Crippen LogP contribution in [0.2, 0.25) is 0 Å². The van der Waals surface area contributed by atoms with E-state index < -0.39 is 0 Å². The molecule has 0 N–H and O–H groups in total. The molecule has 1 atom stereocenters. The summed E-state index contributed by atoms with van der Waals surface area (Å²) < 4.78 is 5.40. The standard InChI is InChI=1S/C11H18O/c1-3-4-5-6-11-9-12-8-7-10(11)2/h3,11H,1-2,4-9H2/t11-/m0/s1. The molecule has 1 rings (SSSR count). The molecular weight excluding hydrogens is 148 g/mol. The molecule has 0 aromatic heterocycles. The van der Waals surface area contributed by atoms with Crippen LogP contribution >= 0.6 is 0 Å². The molecule has 0 bridgehead atoms. The molecule has 1 aliphatic heterocycles. The summed E-state index contributed by atoms with van der Waals surface area (Å²) in [5.74, 6) is 0.610. The van der Waals surface area contributed by atoms with Gasteiger partial charge in [0.05, 0.1) is 13.2 Å². The summed E-state index contributed by atoms with van der Waals surface area (Å²) in [7, 11) is 0. The van der Waals surface area contributed by atoms with E-state index >= 15 is 0 Å². The predicted octanol–water partition coefficient (Wildman–Crippen LogP) is 2.94. The minimum absolute atomic E-state index is 0.610. The topological polar surface area (TPSA) is 9.23 Å². The van der Waals surface area contributed by atoms with E-state index in [1.807, 2.05) is 6.08 Å². The van der Waals surface area contributed by atoms with E-state index in [4.69, 9.17) is 4.74 Å². The Hall–Kier alpha value is -0.560. The maximum absolute atomic E-state index is 5.40. The van der Waals surface area contributed by atoms with Crippen molar-refractivity contribution in [2.24, 2.45) is 5.92 Å². The van der Waals surface area contributed by atoms with Crippen LogP contribution in [0.15, 0.2) is 24.8 Å². The Balaban J connectivity index is 2.20. The summed E-state index contributed by atoms with van der Waals surface area (Å²) in [6, 6.07) is 0. The lowest BCUT2D eigenvalue weighted by Gasteiger charge is -2.24. The number of rotatable bonds is 4. The molecule has 0 radical (unpaired) electrons. The van der Waals surface area contributed by atoms with Crippen LogP contribution in [-0.4, -0.2) is 13.2 Å². The zero-order valence-electron chi connectivity index (χ0n) is 7.72. The van der Waals surface area contributed by atoms with E-state index in [0.717, 1.165) is 26.1 Å². The highest BCUT2D eigenvalue weighted by Crippen LogP contribution is 2.23. The Bertz CT molecular complexity index is 160. The highest BCUT2D eigenvalue weighted by Gasteiger charge is 2.16. The maximum Gasteiger partial charge on any atom is 0.0531 e. The van der Waals surface area contributed by atoms with E-state index in [0.29, 0.717) is 5.92 Å². The highest BCUT2D eigenvalue weighted by atomic mass is 16.5. The van der Waals surface area contributed by atoms with Gasteiger partial charge in [0.2, 0.25) is 0 Å². The first-order chi connectivity index (χ1) is 5.84. The summed E-state index contributed by atoms with van der Waals surface area (Å²) >= 11 is 0. The van der Waals surface area contributed by atoms with Crippen molar-refractivity contribution < 1.29 is 4.74 Å². The van der Waals surface area contributed by atoms with Gasteiger partial charge < -0.3 is 4.74 Å². The third-order valence-corrected chi connectivity index (χ3v) is 2.42. The Morgan fingerprint density at radius 1 is 1.58 bits per heavy atom. The molecule has 0 amide bonds. The van der Waals surface area contributed by atoms with Gasteiger partial charge in [0.15, 0.2) is 0 Å². The molecule has 1 heteroatoms. The van der Waals surface area contributed by atoms with E-state index in [-0.39, 0.29) is 0 Å². The normalized spacial score (nSPS) is 24.0. The molecule has 1 fully saturated rings. The van der Waals surface area contributed by atoms with Gasteiger partial charge in [0.1, 0.15) is 0 Å². The van der Waals surface area contributed by atoms with Gasteiger partial charge in [0, 0.05) is 5.92 Å². The first kappa shape index (κ1) is 9.53.